The molecule has 1 aliphatic rings. The van der Waals surface area contributed by atoms with Crippen molar-refractivity contribution >= 4 is 28.3 Å². The number of hydrogen-bond donors (Lipinski definition) is 1. The van der Waals surface area contributed by atoms with E-state index in [1.54, 1.807) is 12.1 Å². The number of halogens is 1. The van der Waals surface area contributed by atoms with Crippen LogP contribution < -0.4 is 5.32 Å². The van der Waals surface area contributed by atoms with Crippen LogP contribution in [0.15, 0.2) is 24.3 Å². The number of rotatable bonds is 5. The molecule has 0 bridgehead atoms. The lowest BCUT2D eigenvalue weighted by Gasteiger charge is -2.35. The van der Waals surface area contributed by atoms with Crippen molar-refractivity contribution in [3.8, 4) is 6.07 Å². The van der Waals surface area contributed by atoms with Crippen LogP contribution in [-0.2, 0) is 0 Å². The molecule has 0 spiro atoms. The van der Waals surface area contributed by atoms with Gasteiger partial charge in [-0.05, 0) is 51.6 Å². The molecule has 2 aromatic rings. The van der Waals surface area contributed by atoms with Crippen LogP contribution >= 0.6 is 11.6 Å². The first kappa shape index (κ1) is 18.9. The molecule has 1 saturated heterocycles. The number of aromatic nitrogens is 1. The number of piperazine rings is 1. The first-order chi connectivity index (χ1) is 12.4. The molecule has 0 unspecified atom stereocenters. The van der Waals surface area contributed by atoms with Gasteiger partial charge in [0.05, 0.1) is 17.1 Å². The van der Waals surface area contributed by atoms with Gasteiger partial charge in [0, 0.05) is 48.7 Å². The number of anilines is 1. The van der Waals surface area contributed by atoms with Gasteiger partial charge in [-0.2, -0.15) is 5.26 Å². The first-order valence-electron chi connectivity index (χ1n) is 9.06. The number of nitriles is 1. The number of hydrogen-bond acceptors (Lipinski definition) is 5. The molecule has 3 rings (SSSR count). The predicted octanol–water partition coefficient (Wildman–Crippen LogP) is 3.59. The molecule has 0 atom stereocenters. The van der Waals surface area contributed by atoms with Gasteiger partial charge in [-0.1, -0.05) is 11.6 Å². The van der Waals surface area contributed by atoms with Gasteiger partial charge >= 0.3 is 0 Å². The third-order valence-corrected chi connectivity index (χ3v) is 5.24. The van der Waals surface area contributed by atoms with Crippen LogP contribution in [0.1, 0.15) is 25.8 Å². The SMILES string of the molecule is CN1CCN(CCC(C)(C)Nc2cc(C#N)c3cc(Cl)ccc3n2)CC1. The van der Waals surface area contributed by atoms with E-state index in [-0.39, 0.29) is 5.54 Å². The van der Waals surface area contributed by atoms with Gasteiger partial charge in [-0.15, -0.1) is 0 Å². The first-order valence-corrected chi connectivity index (χ1v) is 9.44. The molecule has 0 radical (unpaired) electrons. The highest BCUT2D eigenvalue weighted by Crippen LogP contribution is 2.26. The Labute approximate surface area is 160 Å². The molecule has 1 N–H and O–H groups in total. The minimum Gasteiger partial charge on any atom is -0.365 e. The maximum absolute atomic E-state index is 9.48. The van der Waals surface area contributed by atoms with Crippen LogP contribution in [0, 0.1) is 11.3 Å². The van der Waals surface area contributed by atoms with Crippen molar-refractivity contribution in [3.05, 3.63) is 34.9 Å². The fourth-order valence-electron chi connectivity index (χ4n) is 3.27. The van der Waals surface area contributed by atoms with E-state index in [9.17, 15) is 5.26 Å². The summed E-state index contributed by atoms with van der Waals surface area (Å²) in [6.07, 6.45) is 1.01. The molecule has 26 heavy (non-hydrogen) atoms. The molecule has 0 aliphatic carbocycles. The quantitative estimate of drug-likeness (QED) is 0.870. The molecule has 1 aromatic carbocycles. The Hall–Kier alpha value is -1.87. The van der Waals surface area contributed by atoms with Crippen molar-refractivity contribution in [3.63, 3.8) is 0 Å². The van der Waals surface area contributed by atoms with Crippen molar-refractivity contribution in [2.24, 2.45) is 0 Å². The van der Waals surface area contributed by atoms with Crippen LogP contribution in [-0.4, -0.2) is 60.1 Å². The largest absolute Gasteiger partial charge is 0.365 e. The zero-order valence-electron chi connectivity index (χ0n) is 15.7. The smallest absolute Gasteiger partial charge is 0.128 e. The van der Waals surface area contributed by atoms with Crippen molar-refractivity contribution in [2.45, 2.75) is 25.8 Å². The van der Waals surface area contributed by atoms with Crippen molar-refractivity contribution in [2.75, 3.05) is 45.1 Å². The van der Waals surface area contributed by atoms with E-state index in [1.807, 2.05) is 12.1 Å². The lowest BCUT2D eigenvalue weighted by Crippen LogP contribution is -2.46. The van der Waals surface area contributed by atoms with Crippen molar-refractivity contribution < 1.29 is 0 Å². The van der Waals surface area contributed by atoms with Crippen LogP contribution in [0.3, 0.4) is 0 Å². The molecule has 6 heteroatoms. The van der Waals surface area contributed by atoms with E-state index >= 15 is 0 Å². The van der Waals surface area contributed by atoms with E-state index in [4.69, 9.17) is 11.6 Å². The Kier molecular flexibility index (Phi) is 5.67. The Morgan fingerprint density at radius 1 is 1.23 bits per heavy atom. The molecule has 2 heterocycles. The summed E-state index contributed by atoms with van der Waals surface area (Å²) >= 11 is 6.06. The average molecular weight is 372 g/mol. The van der Waals surface area contributed by atoms with Gasteiger partial charge in [0.1, 0.15) is 5.82 Å². The minimum atomic E-state index is -0.108. The van der Waals surface area contributed by atoms with Gasteiger partial charge in [0.2, 0.25) is 0 Å². The summed E-state index contributed by atoms with van der Waals surface area (Å²) in [7, 11) is 2.17. The van der Waals surface area contributed by atoms with E-state index in [1.165, 1.54) is 0 Å². The number of pyridine rings is 1. The summed E-state index contributed by atoms with van der Waals surface area (Å²) in [5.41, 5.74) is 1.27. The van der Waals surface area contributed by atoms with Crippen molar-refractivity contribution in [1.29, 1.82) is 5.26 Å². The Morgan fingerprint density at radius 3 is 2.65 bits per heavy atom. The number of likely N-dealkylation sites (N-methyl/N-ethyl adjacent to an activating group) is 1. The lowest BCUT2D eigenvalue weighted by molar-refractivity contribution is 0.147. The van der Waals surface area contributed by atoms with Gasteiger partial charge in [0.25, 0.3) is 0 Å². The Morgan fingerprint density at radius 2 is 1.96 bits per heavy atom. The summed E-state index contributed by atoms with van der Waals surface area (Å²) < 4.78 is 0. The zero-order chi connectivity index (χ0) is 18.7. The third-order valence-electron chi connectivity index (χ3n) is 5.01. The van der Waals surface area contributed by atoms with E-state index in [0.717, 1.165) is 55.9 Å². The highest BCUT2D eigenvalue weighted by Gasteiger charge is 2.22. The maximum atomic E-state index is 9.48. The summed E-state index contributed by atoms with van der Waals surface area (Å²) in [6, 6.07) is 9.54. The standard InChI is InChI=1S/C20H26ClN5/c1-20(2,6-7-26-10-8-25(3)9-11-26)24-19-12-15(14-22)17-13-16(21)4-5-18(17)23-19/h4-5,12-13H,6-11H2,1-3H3,(H,23,24). The average Bonchev–Trinajstić information content (AvgIpc) is 2.60. The summed E-state index contributed by atoms with van der Waals surface area (Å²) in [5.74, 6) is 0.736. The van der Waals surface area contributed by atoms with Crippen LogP contribution in [0.5, 0.6) is 0 Å². The Balaban J connectivity index is 1.70. The van der Waals surface area contributed by atoms with Gasteiger partial charge in [0.15, 0.2) is 0 Å². The van der Waals surface area contributed by atoms with E-state index < -0.39 is 0 Å². The fourth-order valence-corrected chi connectivity index (χ4v) is 3.44. The van der Waals surface area contributed by atoms with Gasteiger partial charge < -0.3 is 15.1 Å². The number of nitrogens with one attached hydrogen (secondary N) is 1. The molecular formula is C20H26ClN5. The lowest BCUT2D eigenvalue weighted by atomic mass is 9.99. The second kappa shape index (κ2) is 7.79. The van der Waals surface area contributed by atoms with E-state index in [2.05, 4.69) is 47.1 Å². The maximum Gasteiger partial charge on any atom is 0.128 e. The molecule has 1 aliphatic heterocycles. The third kappa shape index (κ3) is 4.64. The second-order valence-corrected chi connectivity index (χ2v) is 8.17. The second-order valence-electron chi connectivity index (χ2n) is 7.73. The zero-order valence-corrected chi connectivity index (χ0v) is 16.5. The van der Waals surface area contributed by atoms with Crippen molar-refractivity contribution in [1.82, 2.24) is 14.8 Å². The van der Waals surface area contributed by atoms with E-state index in [0.29, 0.717) is 10.6 Å². The van der Waals surface area contributed by atoms with Gasteiger partial charge in [-0.25, -0.2) is 4.98 Å². The van der Waals surface area contributed by atoms with Crippen LogP contribution in [0.25, 0.3) is 10.9 Å². The predicted molar refractivity (Wildman–Crippen MR) is 108 cm³/mol. The minimum absolute atomic E-state index is 0.108. The Bertz CT molecular complexity index is 819. The molecule has 1 fully saturated rings. The topological polar surface area (TPSA) is 55.2 Å². The molecule has 0 amide bonds. The summed E-state index contributed by atoms with van der Waals surface area (Å²) in [5, 5.41) is 14.4. The molecule has 5 nitrogen and oxygen atoms in total. The normalized spacial score (nSPS) is 16.6. The number of fused-ring (bicyclic) bond motifs is 1. The fraction of sp³-hybridized carbons (Fsp3) is 0.500. The molecule has 1 aromatic heterocycles. The highest BCUT2D eigenvalue weighted by atomic mass is 35.5. The molecule has 0 saturated carbocycles. The molecular weight excluding hydrogens is 346 g/mol. The molecule has 138 valence electrons. The number of benzene rings is 1. The summed E-state index contributed by atoms with van der Waals surface area (Å²) in [6.45, 7) is 9.94. The van der Waals surface area contributed by atoms with Crippen LogP contribution in [0.2, 0.25) is 5.02 Å². The van der Waals surface area contributed by atoms with Crippen LogP contribution in [0.4, 0.5) is 5.82 Å². The monoisotopic (exact) mass is 371 g/mol. The van der Waals surface area contributed by atoms with Gasteiger partial charge in [-0.3, -0.25) is 0 Å². The highest BCUT2D eigenvalue weighted by molar-refractivity contribution is 6.31. The number of nitrogens with zero attached hydrogens (tertiary/aromatic N) is 4. The summed E-state index contributed by atoms with van der Waals surface area (Å²) in [4.78, 5) is 9.56.